The van der Waals surface area contributed by atoms with Crippen LogP contribution in [0.25, 0.3) is 0 Å². The van der Waals surface area contributed by atoms with Gasteiger partial charge in [0.1, 0.15) is 0 Å². The summed E-state index contributed by atoms with van der Waals surface area (Å²) >= 11 is 0. The average molecular weight is 127 g/mol. The number of urea groups is 1. The SMILES string of the molecule is NC(=O)N1C=CCCN1. The molecule has 4 nitrogen and oxygen atoms in total. The van der Waals surface area contributed by atoms with Gasteiger partial charge in [0, 0.05) is 12.7 Å². The van der Waals surface area contributed by atoms with E-state index < -0.39 is 6.03 Å². The molecule has 3 N–H and O–H groups in total. The van der Waals surface area contributed by atoms with Gasteiger partial charge in [0.15, 0.2) is 0 Å². The van der Waals surface area contributed by atoms with Crippen LogP contribution in [0.2, 0.25) is 0 Å². The van der Waals surface area contributed by atoms with E-state index in [-0.39, 0.29) is 0 Å². The topological polar surface area (TPSA) is 58.4 Å². The summed E-state index contributed by atoms with van der Waals surface area (Å²) in [6.07, 6.45) is 4.47. The minimum atomic E-state index is -0.467. The molecule has 1 aliphatic rings. The van der Waals surface area contributed by atoms with Crippen molar-refractivity contribution in [3.63, 3.8) is 0 Å². The minimum absolute atomic E-state index is 0.467. The lowest BCUT2D eigenvalue weighted by atomic mass is 10.4. The Balaban J connectivity index is 2.50. The summed E-state index contributed by atoms with van der Waals surface area (Å²) in [5.74, 6) is 0. The third-order valence-electron chi connectivity index (χ3n) is 1.09. The fourth-order valence-corrected chi connectivity index (χ4v) is 0.652. The third-order valence-corrected chi connectivity index (χ3v) is 1.09. The molecule has 2 amide bonds. The van der Waals surface area contributed by atoms with Crippen LogP contribution in [0.1, 0.15) is 6.42 Å². The van der Waals surface area contributed by atoms with Gasteiger partial charge in [0.05, 0.1) is 0 Å². The second-order valence-corrected chi connectivity index (χ2v) is 1.79. The van der Waals surface area contributed by atoms with Crippen LogP contribution in [-0.2, 0) is 0 Å². The fraction of sp³-hybridized carbons (Fsp3) is 0.400. The predicted molar refractivity (Wildman–Crippen MR) is 33.2 cm³/mol. The van der Waals surface area contributed by atoms with Crippen molar-refractivity contribution >= 4 is 6.03 Å². The summed E-state index contributed by atoms with van der Waals surface area (Å²) in [4.78, 5) is 10.4. The van der Waals surface area contributed by atoms with E-state index in [2.05, 4.69) is 5.43 Å². The van der Waals surface area contributed by atoms with Gasteiger partial charge in [-0.2, -0.15) is 0 Å². The van der Waals surface area contributed by atoms with Crippen LogP contribution in [0.15, 0.2) is 12.3 Å². The van der Waals surface area contributed by atoms with Crippen LogP contribution in [0.5, 0.6) is 0 Å². The molecule has 4 heteroatoms. The highest BCUT2D eigenvalue weighted by molar-refractivity contribution is 5.72. The van der Waals surface area contributed by atoms with Gasteiger partial charge in [-0.25, -0.2) is 15.2 Å². The van der Waals surface area contributed by atoms with Crippen LogP contribution in [0.4, 0.5) is 4.79 Å². The Morgan fingerprint density at radius 2 is 2.56 bits per heavy atom. The largest absolute Gasteiger partial charge is 0.350 e. The molecule has 0 aromatic heterocycles. The highest BCUT2D eigenvalue weighted by Gasteiger charge is 2.05. The summed E-state index contributed by atoms with van der Waals surface area (Å²) in [7, 11) is 0. The number of carbonyl (C=O) groups is 1. The quantitative estimate of drug-likeness (QED) is 0.473. The van der Waals surface area contributed by atoms with Gasteiger partial charge in [0.2, 0.25) is 0 Å². The molecule has 0 saturated heterocycles. The van der Waals surface area contributed by atoms with Gasteiger partial charge < -0.3 is 5.73 Å². The summed E-state index contributed by atoms with van der Waals surface area (Å²) in [6, 6.07) is -0.467. The minimum Gasteiger partial charge on any atom is -0.350 e. The Hall–Kier alpha value is -1.03. The molecule has 1 aliphatic heterocycles. The van der Waals surface area contributed by atoms with Crippen molar-refractivity contribution in [1.29, 1.82) is 0 Å². The smallest absolute Gasteiger partial charge is 0.333 e. The van der Waals surface area contributed by atoms with Crippen LogP contribution in [0, 0.1) is 0 Å². The number of hydrogen-bond acceptors (Lipinski definition) is 2. The first kappa shape index (κ1) is 6.10. The van der Waals surface area contributed by atoms with E-state index in [1.807, 2.05) is 6.08 Å². The van der Waals surface area contributed by atoms with E-state index >= 15 is 0 Å². The monoisotopic (exact) mass is 127 g/mol. The van der Waals surface area contributed by atoms with E-state index in [1.54, 1.807) is 6.20 Å². The first-order valence-electron chi connectivity index (χ1n) is 2.79. The Morgan fingerprint density at radius 3 is 2.89 bits per heavy atom. The molecule has 0 unspecified atom stereocenters. The predicted octanol–water partition coefficient (Wildman–Crippen LogP) is -0.211. The number of nitrogens with zero attached hydrogens (tertiary/aromatic N) is 1. The lowest BCUT2D eigenvalue weighted by Gasteiger charge is -2.19. The van der Waals surface area contributed by atoms with Gasteiger partial charge in [0.25, 0.3) is 0 Å². The first-order valence-corrected chi connectivity index (χ1v) is 2.79. The Kier molecular flexibility index (Phi) is 1.69. The lowest BCUT2D eigenvalue weighted by molar-refractivity contribution is 0.204. The van der Waals surface area contributed by atoms with Gasteiger partial charge >= 0.3 is 6.03 Å². The Labute approximate surface area is 53.3 Å². The number of amides is 2. The zero-order valence-corrected chi connectivity index (χ0v) is 5.00. The standard InChI is InChI=1S/C5H9N3O/c6-5(9)8-4-2-1-3-7-8/h2,4,7H,1,3H2,(H2,6,9). The Morgan fingerprint density at radius 1 is 1.78 bits per heavy atom. The molecule has 0 radical (unpaired) electrons. The molecule has 0 aromatic carbocycles. The summed E-state index contributed by atoms with van der Waals surface area (Å²) in [6.45, 7) is 0.777. The fourth-order valence-electron chi connectivity index (χ4n) is 0.652. The molecule has 0 fully saturated rings. The van der Waals surface area contributed by atoms with Gasteiger partial charge in [-0.05, 0) is 6.42 Å². The normalized spacial score (nSPS) is 18.0. The maximum Gasteiger partial charge on any atom is 0.333 e. The van der Waals surface area contributed by atoms with E-state index in [0.717, 1.165) is 13.0 Å². The highest BCUT2D eigenvalue weighted by atomic mass is 16.2. The summed E-state index contributed by atoms with van der Waals surface area (Å²) in [5, 5.41) is 1.27. The average Bonchev–Trinajstić information content (AvgIpc) is 1.90. The highest BCUT2D eigenvalue weighted by Crippen LogP contribution is 1.93. The molecule has 0 atom stereocenters. The molecule has 0 bridgehead atoms. The van der Waals surface area contributed by atoms with E-state index in [9.17, 15) is 4.79 Å². The van der Waals surface area contributed by atoms with Crippen molar-refractivity contribution in [3.05, 3.63) is 12.3 Å². The molecular weight excluding hydrogens is 118 g/mol. The number of nitrogens with one attached hydrogen (secondary N) is 1. The molecule has 50 valence electrons. The van der Waals surface area contributed by atoms with Gasteiger partial charge in [-0.1, -0.05) is 6.08 Å². The maximum absolute atomic E-state index is 10.4. The van der Waals surface area contributed by atoms with E-state index in [0.29, 0.717) is 0 Å². The number of nitrogens with two attached hydrogens (primary N) is 1. The first-order chi connectivity index (χ1) is 4.30. The van der Waals surface area contributed by atoms with Crippen molar-refractivity contribution in [2.45, 2.75) is 6.42 Å². The van der Waals surface area contributed by atoms with Crippen LogP contribution in [0.3, 0.4) is 0 Å². The number of hydrazine groups is 1. The van der Waals surface area contributed by atoms with Crippen LogP contribution in [-0.4, -0.2) is 17.6 Å². The summed E-state index contributed by atoms with van der Waals surface area (Å²) in [5.41, 5.74) is 7.73. The van der Waals surface area contributed by atoms with Crippen molar-refractivity contribution in [2.24, 2.45) is 5.73 Å². The van der Waals surface area contributed by atoms with Crippen LogP contribution < -0.4 is 11.2 Å². The molecule has 9 heavy (non-hydrogen) atoms. The molecule has 1 heterocycles. The molecule has 0 saturated carbocycles. The zero-order valence-electron chi connectivity index (χ0n) is 5.00. The van der Waals surface area contributed by atoms with Crippen molar-refractivity contribution in [3.8, 4) is 0 Å². The van der Waals surface area contributed by atoms with Crippen LogP contribution >= 0.6 is 0 Å². The number of carbonyl (C=O) groups excluding carboxylic acids is 1. The molecular formula is C5H9N3O. The molecule has 0 aromatic rings. The molecule has 1 rings (SSSR count). The van der Waals surface area contributed by atoms with E-state index in [1.165, 1.54) is 5.01 Å². The zero-order chi connectivity index (χ0) is 6.69. The molecule has 0 spiro atoms. The third kappa shape index (κ3) is 1.43. The van der Waals surface area contributed by atoms with E-state index in [4.69, 9.17) is 5.73 Å². The van der Waals surface area contributed by atoms with Crippen molar-refractivity contribution < 1.29 is 4.79 Å². The number of rotatable bonds is 0. The van der Waals surface area contributed by atoms with Crippen molar-refractivity contribution in [1.82, 2.24) is 10.4 Å². The number of primary amides is 1. The number of hydrogen-bond donors (Lipinski definition) is 2. The molecule has 0 aliphatic carbocycles. The maximum atomic E-state index is 10.4. The second-order valence-electron chi connectivity index (χ2n) is 1.79. The van der Waals surface area contributed by atoms with Gasteiger partial charge in [-0.15, -0.1) is 0 Å². The van der Waals surface area contributed by atoms with Crippen molar-refractivity contribution in [2.75, 3.05) is 6.54 Å². The lowest BCUT2D eigenvalue weighted by Crippen LogP contribution is -2.44. The summed E-state index contributed by atoms with van der Waals surface area (Å²) < 4.78 is 0. The Bertz CT molecular complexity index is 143. The second kappa shape index (κ2) is 2.50. The van der Waals surface area contributed by atoms with Gasteiger partial charge in [-0.3, -0.25) is 0 Å².